The van der Waals surface area contributed by atoms with E-state index in [1.807, 2.05) is 30.3 Å². The van der Waals surface area contributed by atoms with Crippen LogP contribution in [0.4, 0.5) is 5.69 Å². The second-order valence-corrected chi connectivity index (χ2v) is 5.54. The molecule has 0 radical (unpaired) electrons. The van der Waals surface area contributed by atoms with Gasteiger partial charge in [0.15, 0.2) is 0 Å². The molecule has 0 atom stereocenters. The molecule has 0 aliphatic heterocycles. The maximum absolute atomic E-state index is 11.6. The van der Waals surface area contributed by atoms with Crippen molar-refractivity contribution in [3.63, 3.8) is 0 Å². The Morgan fingerprint density at radius 1 is 1.04 bits per heavy atom. The fraction of sp³-hybridized carbons (Fsp3) is 0.222. The summed E-state index contributed by atoms with van der Waals surface area (Å²) >= 11 is 0. The first kappa shape index (κ1) is 17.7. The van der Waals surface area contributed by atoms with Gasteiger partial charge in [0.2, 0.25) is 5.91 Å². The fourth-order valence-corrected chi connectivity index (χ4v) is 2.57. The number of carbonyl (C=O) groups is 2. The zero-order chi connectivity index (χ0) is 17.5. The molecule has 0 unspecified atom stereocenters. The highest BCUT2D eigenvalue weighted by Gasteiger charge is 2.08. The highest BCUT2D eigenvalue weighted by molar-refractivity contribution is 5.94. The summed E-state index contributed by atoms with van der Waals surface area (Å²) in [6, 6.07) is 13.2. The topological polar surface area (TPSA) is 110 Å². The number of nitrogens with two attached hydrogens (primary N) is 2. The predicted octanol–water partition coefficient (Wildman–Crippen LogP) is 1.49. The number of hydrogen-bond acceptors (Lipinski definition) is 4. The smallest absolute Gasteiger partial charge is 0.265 e. The van der Waals surface area contributed by atoms with Crippen molar-refractivity contribution in [3.05, 3.63) is 64.7 Å². The molecule has 2 amide bonds. The lowest BCUT2D eigenvalue weighted by atomic mass is 9.97. The molecule has 6 N–H and O–H groups in total. The molecule has 6 nitrogen and oxygen atoms in total. The van der Waals surface area contributed by atoms with Crippen LogP contribution in [0.25, 0.3) is 0 Å². The van der Waals surface area contributed by atoms with Crippen molar-refractivity contribution < 1.29 is 9.59 Å². The first-order valence-electron chi connectivity index (χ1n) is 7.73. The molecule has 0 aliphatic carbocycles. The number of anilines is 1. The number of rotatable bonds is 6. The number of hydrazine groups is 1. The van der Waals surface area contributed by atoms with E-state index in [0.717, 1.165) is 35.2 Å². The first-order chi connectivity index (χ1) is 11.5. The van der Waals surface area contributed by atoms with Crippen LogP contribution in [0.1, 0.15) is 34.0 Å². The van der Waals surface area contributed by atoms with E-state index in [0.29, 0.717) is 12.1 Å². The van der Waals surface area contributed by atoms with Gasteiger partial charge in [-0.2, -0.15) is 0 Å². The summed E-state index contributed by atoms with van der Waals surface area (Å²) in [7, 11) is 0. The van der Waals surface area contributed by atoms with Crippen LogP contribution < -0.4 is 22.3 Å². The number of nitrogen functional groups attached to an aromatic ring is 1. The van der Waals surface area contributed by atoms with Gasteiger partial charge in [-0.15, -0.1) is 0 Å². The minimum Gasteiger partial charge on any atom is -0.326 e. The molecule has 2 aromatic carbocycles. The molecule has 6 heteroatoms. The largest absolute Gasteiger partial charge is 0.326 e. The molecule has 24 heavy (non-hydrogen) atoms. The number of carbonyl (C=O) groups excluding carboxylic acids is 2. The van der Waals surface area contributed by atoms with Crippen molar-refractivity contribution >= 4 is 17.5 Å². The van der Waals surface area contributed by atoms with E-state index in [9.17, 15) is 9.59 Å². The molecule has 2 aromatic rings. The number of aryl methyl sites for hydroxylation is 2. The Balaban J connectivity index is 2.11. The van der Waals surface area contributed by atoms with E-state index in [1.54, 1.807) is 12.1 Å². The van der Waals surface area contributed by atoms with Crippen molar-refractivity contribution in [2.24, 2.45) is 11.6 Å². The van der Waals surface area contributed by atoms with Gasteiger partial charge in [-0.25, -0.2) is 5.84 Å². The maximum atomic E-state index is 11.6. The zero-order valence-corrected chi connectivity index (χ0v) is 13.6. The summed E-state index contributed by atoms with van der Waals surface area (Å²) in [5.41, 5.74) is 12.3. The third-order valence-electron chi connectivity index (χ3n) is 3.75. The third-order valence-corrected chi connectivity index (χ3v) is 3.75. The summed E-state index contributed by atoms with van der Waals surface area (Å²) in [4.78, 5) is 22.7. The molecule has 0 heterocycles. The average molecular weight is 326 g/mol. The Hall–Kier alpha value is -2.70. The van der Waals surface area contributed by atoms with Gasteiger partial charge < -0.3 is 11.1 Å². The van der Waals surface area contributed by atoms with Gasteiger partial charge in [-0.3, -0.25) is 15.0 Å². The minimum absolute atomic E-state index is 0.0914. The summed E-state index contributed by atoms with van der Waals surface area (Å²) in [5, 5.41) is 2.78. The molecule has 0 aliphatic rings. The summed E-state index contributed by atoms with van der Waals surface area (Å²) < 4.78 is 0. The van der Waals surface area contributed by atoms with E-state index in [-0.39, 0.29) is 11.8 Å². The SMILES string of the molecule is CC(=O)Nc1cccc(CCc2ccc(C(=O)NN)cc2CN)c1. The molecular weight excluding hydrogens is 304 g/mol. The van der Waals surface area contributed by atoms with Crippen molar-refractivity contribution in [1.82, 2.24) is 5.43 Å². The van der Waals surface area contributed by atoms with Crippen LogP contribution in [0, 0.1) is 0 Å². The number of amides is 2. The Morgan fingerprint density at radius 2 is 1.83 bits per heavy atom. The molecule has 0 fully saturated rings. The van der Waals surface area contributed by atoms with Gasteiger partial charge in [0.25, 0.3) is 5.91 Å². The Kier molecular flexibility index (Phi) is 6.06. The molecule has 126 valence electrons. The molecule has 0 saturated heterocycles. The van der Waals surface area contributed by atoms with Gasteiger partial charge in [0.1, 0.15) is 0 Å². The van der Waals surface area contributed by atoms with E-state index < -0.39 is 0 Å². The van der Waals surface area contributed by atoms with E-state index in [1.165, 1.54) is 6.92 Å². The van der Waals surface area contributed by atoms with Gasteiger partial charge in [-0.1, -0.05) is 18.2 Å². The molecular formula is C18H22N4O2. The van der Waals surface area contributed by atoms with E-state index >= 15 is 0 Å². The van der Waals surface area contributed by atoms with Crippen LogP contribution in [0.5, 0.6) is 0 Å². The quantitative estimate of drug-likeness (QED) is 0.366. The van der Waals surface area contributed by atoms with Crippen LogP contribution in [0.2, 0.25) is 0 Å². The third kappa shape index (κ3) is 4.65. The highest BCUT2D eigenvalue weighted by atomic mass is 16.2. The number of nitrogens with one attached hydrogen (secondary N) is 2. The predicted molar refractivity (Wildman–Crippen MR) is 94.1 cm³/mol. The van der Waals surface area contributed by atoms with Crippen molar-refractivity contribution in [3.8, 4) is 0 Å². The second kappa shape index (κ2) is 8.24. The van der Waals surface area contributed by atoms with Crippen LogP contribution in [0.3, 0.4) is 0 Å². The van der Waals surface area contributed by atoms with E-state index in [4.69, 9.17) is 11.6 Å². The first-order valence-corrected chi connectivity index (χ1v) is 7.73. The molecule has 0 spiro atoms. The summed E-state index contributed by atoms with van der Waals surface area (Å²) in [6.07, 6.45) is 1.60. The number of benzene rings is 2. The average Bonchev–Trinajstić information content (AvgIpc) is 2.58. The summed E-state index contributed by atoms with van der Waals surface area (Å²) in [5.74, 6) is 4.73. The van der Waals surface area contributed by atoms with Crippen molar-refractivity contribution in [2.45, 2.75) is 26.3 Å². The molecule has 0 aromatic heterocycles. The minimum atomic E-state index is -0.334. The van der Waals surface area contributed by atoms with Crippen LogP contribution in [-0.2, 0) is 24.2 Å². The van der Waals surface area contributed by atoms with Gasteiger partial charge in [0.05, 0.1) is 0 Å². The molecule has 0 bridgehead atoms. The summed E-state index contributed by atoms with van der Waals surface area (Å²) in [6.45, 7) is 1.84. The van der Waals surface area contributed by atoms with Crippen LogP contribution in [-0.4, -0.2) is 11.8 Å². The Labute approximate surface area is 141 Å². The Morgan fingerprint density at radius 3 is 2.50 bits per heavy atom. The van der Waals surface area contributed by atoms with Crippen LogP contribution in [0.15, 0.2) is 42.5 Å². The lowest BCUT2D eigenvalue weighted by molar-refractivity contribution is -0.114. The lowest BCUT2D eigenvalue weighted by Crippen LogP contribution is -2.30. The van der Waals surface area contributed by atoms with Crippen molar-refractivity contribution in [2.75, 3.05) is 5.32 Å². The fourth-order valence-electron chi connectivity index (χ4n) is 2.57. The van der Waals surface area contributed by atoms with E-state index in [2.05, 4.69) is 10.7 Å². The molecule has 0 saturated carbocycles. The van der Waals surface area contributed by atoms with Gasteiger partial charge in [-0.05, 0) is 53.8 Å². The monoisotopic (exact) mass is 326 g/mol. The lowest BCUT2D eigenvalue weighted by Gasteiger charge is -2.11. The standard InChI is InChI=1S/C18H22N4O2/c1-12(23)21-17-4-2-3-13(9-17)5-6-14-7-8-15(18(24)22-20)10-16(14)11-19/h2-4,7-10H,5-6,11,19-20H2,1H3,(H,21,23)(H,22,24). The number of hydrogen-bond donors (Lipinski definition) is 4. The normalized spacial score (nSPS) is 10.3. The second-order valence-electron chi connectivity index (χ2n) is 5.54. The van der Waals surface area contributed by atoms with Crippen LogP contribution >= 0.6 is 0 Å². The highest BCUT2D eigenvalue weighted by Crippen LogP contribution is 2.17. The maximum Gasteiger partial charge on any atom is 0.265 e. The van der Waals surface area contributed by atoms with Crippen molar-refractivity contribution in [1.29, 1.82) is 0 Å². The zero-order valence-electron chi connectivity index (χ0n) is 13.6. The Bertz CT molecular complexity index is 744. The van der Waals surface area contributed by atoms with Gasteiger partial charge in [0, 0.05) is 24.7 Å². The molecule has 2 rings (SSSR count). The van der Waals surface area contributed by atoms with Gasteiger partial charge >= 0.3 is 0 Å².